The number of ether oxygens (including phenoxy) is 1. The van der Waals surface area contributed by atoms with Crippen molar-refractivity contribution in [2.75, 3.05) is 12.0 Å². The summed E-state index contributed by atoms with van der Waals surface area (Å²) in [5, 5.41) is 16.1. The highest BCUT2D eigenvalue weighted by Crippen LogP contribution is 2.44. The van der Waals surface area contributed by atoms with Crippen LogP contribution in [0, 0.1) is 17.0 Å². The Labute approximate surface area is 201 Å². The number of methoxy groups -OCH3 is 1. The van der Waals surface area contributed by atoms with Crippen LogP contribution < -0.4 is 9.64 Å². The minimum absolute atomic E-state index is 0.0000895. The van der Waals surface area contributed by atoms with E-state index in [0.717, 1.165) is 16.7 Å². The van der Waals surface area contributed by atoms with E-state index in [1.54, 1.807) is 23.9 Å². The quantitative estimate of drug-likeness (QED) is 0.305. The summed E-state index contributed by atoms with van der Waals surface area (Å²) >= 11 is 0. The Morgan fingerprint density at radius 3 is 2.49 bits per heavy atom. The number of aryl methyl sites for hydroxylation is 1. The average Bonchev–Trinajstić information content (AvgIpc) is 3.37. The van der Waals surface area contributed by atoms with Crippen molar-refractivity contribution in [3.05, 3.63) is 111 Å². The molecule has 2 atom stereocenters. The van der Waals surface area contributed by atoms with E-state index < -0.39 is 16.9 Å². The molecule has 1 aromatic heterocycles. The van der Waals surface area contributed by atoms with Gasteiger partial charge in [-0.3, -0.25) is 19.8 Å². The van der Waals surface area contributed by atoms with Gasteiger partial charge in [0.1, 0.15) is 17.6 Å². The van der Waals surface area contributed by atoms with Gasteiger partial charge in [-0.05, 0) is 31.0 Å². The maximum Gasteiger partial charge on any atom is 0.282 e. The van der Waals surface area contributed by atoms with E-state index in [-0.39, 0.29) is 17.3 Å². The first-order valence-corrected chi connectivity index (χ1v) is 11.2. The molecular weight excluding hydrogens is 446 g/mol. The summed E-state index contributed by atoms with van der Waals surface area (Å²) in [6.07, 6.45) is 1.88. The number of hydrogen-bond donors (Lipinski definition) is 0. The first-order valence-electron chi connectivity index (χ1n) is 11.2. The van der Waals surface area contributed by atoms with Crippen molar-refractivity contribution in [1.29, 1.82) is 0 Å². The van der Waals surface area contributed by atoms with Crippen molar-refractivity contribution in [3.63, 3.8) is 0 Å². The van der Waals surface area contributed by atoms with E-state index >= 15 is 0 Å². The molecule has 0 bridgehead atoms. The second kappa shape index (κ2) is 9.02. The molecule has 5 rings (SSSR count). The normalized spacial score (nSPS) is 17.0. The number of hydrogen-bond acceptors (Lipinski definition) is 6. The molecule has 3 aromatic carbocycles. The summed E-state index contributed by atoms with van der Waals surface area (Å²) in [6, 6.07) is 20.9. The maximum absolute atomic E-state index is 13.9. The highest BCUT2D eigenvalue weighted by molar-refractivity contribution is 6.08. The number of carbonyl (C=O) groups excluding carboxylic acids is 1. The van der Waals surface area contributed by atoms with E-state index in [2.05, 4.69) is 10.1 Å². The monoisotopic (exact) mass is 469 g/mol. The highest BCUT2D eigenvalue weighted by atomic mass is 16.6. The van der Waals surface area contributed by atoms with Gasteiger partial charge >= 0.3 is 0 Å². The lowest BCUT2D eigenvalue weighted by Gasteiger charge is -2.39. The predicted octanol–water partition coefficient (Wildman–Crippen LogP) is 4.88. The molecule has 0 aliphatic carbocycles. The van der Waals surface area contributed by atoms with E-state index in [9.17, 15) is 14.9 Å². The van der Waals surface area contributed by atoms with E-state index in [1.807, 2.05) is 55.5 Å². The van der Waals surface area contributed by atoms with Gasteiger partial charge in [0, 0.05) is 11.6 Å². The van der Waals surface area contributed by atoms with Crippen molar-refractivity contribution < 1.29 is 14.5 Å². The fourth-order valence-corrected chi connectivity index (χ4v) is 4.64. The molecule has 176 valence electrons. The second-order valence-electron chi connectivity index (χ2n) is 8.37. The second-order valence-corrected chi connectivity index (χ2v) is 8.37. The number of carbonyl (C=O) groups is 1. The van der Waals surface area contributed by atoms with Gasteiger partial charge in [0.2, 0.25) is 5.95 Å². The first-order chi connectivity index (χ1) is 17.0. The van der Waals surface area contributed by atoms with Gasteiger partial charge in [-0.15, -0.1) is 0 Å². The summed E-state index contributed by atoms with van der Waals surface area (Å²) in [7, 11) is 1.62. The van der Waals surface area contributed by atoms with Crippen molar-refractivity contribution >= 4 is 17.5 Å². The zero-order valence-corrected chi connectivity index (χ0v) is 19.2. The van der Waals surface area contributed by atoms with E-state index in [1.165, 1.54) is 23.4 Å². The molecule has 0 spiro atoms. The standard InChI is InChI=1S/C26H23N5O4/c1-17-11-13-18(14-12-17)22-15-23(19-7-4-6-10-24(19)35-2)30-26(27-16-28-30)29(22)25(32)20-8-3-5-9-21(20)31(33)34/h3-14,16,22-23H,15H2,1-2H3/t22-,23-/m1/s1. The van der Waals surface area contributed by atoms with Crippen LogP contribution in [0.4, 0.5) is 11.6 Å². The van der Waals surface area contributed by atoms with Crippen LogP contribution in [0.2, 0.25) is 0 Å². The summed E-state index contributed by atoms with van der Waals surface area (Å²) in [5.41, 5.74) is 2.65. The summed E-state index contributed by atoms with van der Waals surface area (Å²) < 4.78 is 7.31. The molecule has 9 nitrogen and oxygen atoms in total. The van der Waals surface area contributed by atoms with Crippen LogP contribution in [-0.2, 0) is 0 Å². The average molecular weight is 470 g/mol. The third kappa shape index (κ3) is 3.90. The molecule has 1 aliphatic rings. The molecular formula is C26H23N5O4. The van der Waals surface area contributed by atoms with Gasteiger partial charge in [-0.25, -0.2) is 4.68 Å². The lowest BCUT2D eigenvalue weighted by molar-refractivity contribution is -0.385. The van der Waals surface area contributed by atoms with E-state index in [0.29, 0.717) is 18.1 Å². The summed E-state index contributed by atoms with van der Waals surface area (Å²) in [5.74, 6) is 0.525. The molecule has 9 heteroatoms. The number of nitro benzene ring substituents is 1. The highest BCUT2D eigenvalue weighted by Gasteiger charge is 2.41. The van der Waals surface area contributed by atoms with Crippen LogP contribution in [0.3, 0.4) is 0 Å². The molecule has 35 heavy (non-hydrogen) atoms. The number of benzene rings is 3. The smallest absolute Gasteiger partial charge is 0.282 e. The zero-order valence-electron chi connectivity index (χ0n) is 19.2. The third-order valence-corrected chi connectivity index (χ3v) is 6.33. The number of aromatic nitrogens is 3. The maximum atomic E-state index is 13.9. The third-order valence-electron chi connectivity index (χ3n) is 6.33. The predicted molar refractivity (Wildman–Crippen MR) is 130 cm³/mol. The molecule has 0 unspecified atom stereocenters. The van der Waals surface area contributed by atoms with Gasteiger partial charge in [-0.1, -0.05) is 60.2 Å². The zero-order chi connectivity index (χ0) is 24.5. The van der Waals surface area contributed by atoms with Crippen LogP contribution in [-0.4, -0.2) is 32.7 Å². The number of anilines is 1. The lowest BCUT2D eigenvalue weighted by atomic mass is 9.90. The van der Waals surface area contributed by atoms with Gasteiger partial charge in [0.15, 0.2) is 0 Å². The van der Waals surface area contributed by atoms with Crippen molar-refractivity contribution in [2.24, 2.45) is 0 Å². The molecule has 4 aromatic rings. The van der Waals surface area contributed by atoms with Crippen molar-refractivity contribution in [2.45, 2.75) is 25.4 Å². The molecule has 0 fully saturated rings. The van der Waals surface area contributed by atoms with Gasteiger partial charge < -0.3 is 4.74 Å². The summed E-state index contributed by atoms with van der Waals surface area (Å²) in [4.78, 5) is 31.0. The molecule has 0 saturated carbocycles. The van der Waals surface area contributed by atoms with Gasteiger partial charge in [-0.2, -0.15) is 10.1 Å². The van der Waals surface area contributed by atoms with Gasteiger partial charge in [0.05, 0.1) is 24.1 Å². The van der Waals surface area contributed by atoms with Crippen LogP contribution in [0.15, 0.2) is 79.1 Å². The van der Waals surface area contributed by atoms with Gasteiger partial charge in [0.25, 0.3) is 11.6 Å². The Morgan fingerprint density at radius 2 is 1.74 bits per heavy atom. The Bertz CT molecular complexity index is 1400. The number of para-hydroxylation sites is 2. The lowest BCUT2D eigenvalue weighted by Crippen LogP contribution is -2.43. The molecule has 1 amide bonds. The molecule has 0 saturated heterocycles. The minimum atomic E-state index is -0.541. The Morgan fingerprint density at radius 1 is 1.03 bits per heavy atom. The van der Waals surface area contributed by atoms with Crippen LogP contribution >= 0.6 is 0 Å². The van der Waals surface area contributed by atoms with E-state index in [4.69, 9.17) is 4.74 Å². The topological polar surface area (TPSA) is 103 Å². The van der Waals surface area contributed by atoms with Crippen LogP contribution in [0.1, 0.15) is 45.6 Å². The fraction of sp³-hybridized carbons (Fsp3) is 0.192. The largest absolute Gasteiger partial charge is 0.496 e. The number of amides is 1. The van der Waals surface area contributed by atoms with Crippen LogP contribution in [0.25, 0.3) is 0 Å². The number of nitro groups is 1. The SMILES string of the molecule is COc1ccccc1[C@H]1C[C@H](c2ccc(C)cc2)N(C(=O)c2ccccc2[N+](=O)[O-])c2ncnn21. The summed E-state index contributed by atoms with van der Waals surface area (Å²) in [6.45, 7) is 2.00. The number of fused-ring (bicyclic) bond motifs is 1. The first kappa shape index (κ1) is 22.3. The number of rotatable bonds is 5. The molecule has 0 radical (unpaired) electrons. The Hall–Kier alpha value is -4.53. The van der Waals surface area contributed by atoms with Crippen LogP contribution in [0.5, 0.6) is 5.75 Å². The van der Waals surface area contributed by atoms with Crippen molar-refractivity contribution in [1.82, 2.24) is 14.8 Å². The Kier molecular flexibility index (Phi) is 5.74. The molecule has 1 aliphatic heterocycles. The fourth-order valence-electron chi connectivity index (χ4n) is 4.64. The van der Waals surface area contributed by atoms with Crippen molar-refractivity contribution in [3.8, 4) is 5.75 Å². The minimum Gasteiger partial charge on any atom is -0.496 e. The molecule has 2 heterocycles. The number of nitrogens with zero attached hydrogens (tertiary/aromatic N) is 5. The molecule has 0 N–H and O–H groups in total. The Balaban J connectivity index is 1.69.